The van der Waals surface area contributed by atoms with Crippen molar-refractivity contribution in [3.63, 3.8) is 0 Å². The molecule has 3 aromatic carbocycles. The summed E-state index contributed by atoms with van der Waals surface area (Å²) < 4.78 is 0. The molecule has 5 heteroatoms. The first-order valence-corrected chi connectivity index (χ1v) is 13.0. The largest absolute Gasteiger partial charge is 0.342 e. The molecule has 1 fully saturated rings. The average Bonchev–Trinajstić information content (AvgIpc) is 2.86. The molecule has 1 amide bonds. The lowest BCUT2D eigenvalue weighted by molar-refractivity contribution is -0.131. The molecule has 0 bridgehead atoms. The highest BCUT2D eigenvalue weighted by Gasteiger charge is 2.22. The van der Waals surface area contributed by atoms with Crippen molar-refractivity contribution in [2.75, 3.05) is 32.7 Å². The van der Waals surface area contributed by atoms with E-state index in [1.807, 2.05) is 30.3 Å². The molecule has 1 aliphatic rings. The topological polar surface area (TPSA) is 44.4 Å². The second-order valence-electron chi connectivity index (χ2n) is 9.36. The molecule has 34 heavy (non-hydrogen) atoms. The van der Waals surface area contributed by atoms with Crippen LogP contribution in [0.2, 0.25) is 5.02 Å². The number of amides is 1. The van der Waals surface area contributed by atoms with Crippen LogP contribution in [0, 0.1) is 5.92 Å². The van der Waals surface area contributed by atoms with Gasteiger partial charge in [0.15, 0.2) is 0 Å². The Kier molecular flexibility index (Phi) is 9.37. The normalized spacial score (nSPS) is 14.6. The first kappa shape index (κ1) is 24.7. The number of unbranched alkanes of at least 4 members (excludes halogenated alkanes) is 1. The van der Waals surface area contributed by atoms with Gasteiger partial charge in [0.1, 0.15) is 0 Å². The number of hydrogen-bond acceptors (Lipinski definition) is 3. The molecule has 0 spiro atoms. The van der Waals surface area contributed by atoms with Crippen LogP contribution < -0.4 is 10.6 Å². The van der Waals surface area contributed by atoms with Crippen LogP contribution >= 0.6 is 11.6 Å². The van der Waals surface area contributed by atoms with Gasteiger partial charge in [-0.1, -0.05) is 66.2 Å². The van der Waals surface area contributed by atoms with Crippen molar-refractivity contribution in [2.24, 2.45) is 5.92 Å². The molecule has 2 N–H and O–H groups in total. The van der Waals surface area contributed by atoms with E-state index in [4.69, 9.17) is 11.6 Å². The molecule has 0 aromatic heterocycles. The Bertz CT molecular complexity index is 1060. The van der Waals surface area contributed by atoms with E-state index in [0.29, 0.717) is 12.3 Å². The molecule has 0 atom stereocenters. The van der Waals surface area contributed by atoms with Crippen LogP contribution in [0.5, 0.6) is 0 Å². The second-order valence-corrected chi connectivity index (χ2v) is 9.79. The summed E-state index contributed by atoms with van der Waals surface area (Å²) in [7, 11) is 0. The van der Waals surface area contributed by atoms with Crippen molar-refractivity contribution in [2.45, 2.75) is 38.6 Å². The van der Waals surface area contributed by atoms with Crippen LogP contribution in [-0.2, 0) is 17.8 Å². The average molecular weight is 478 g/mol. The van der Waals surface area contributed by atoms with E-state index < -0.39 is 0 Å². The van der Waals surface area contributed by atoms with E-state index in [2.05, 4.69) is 51.9 Å². The van der Waals surface area contributed by atoms with Crippen molar-refractivity contribution >= 4 is 28.3 Å². The van der Waals surface area contributed by atoms with Gasteiger partial charge in [0.25, 0.3) is 0 Å². The highest BCUT2D eigenvalue weighted by Crippen LogP contribution is 2.21. The quantitative estimate of drug-likeness (QED) is 0.362. The molecule has 1 heterocycles. The Balaban J connectivity index is 1.07. The van der Waals surface area contributed by atoms with Gasteiger partial charge in [-0.25, -0.2) is 0 Å². The molecule has 0 aliphatic carbocycles. The van der Waals surface area contributed by atoms with Crippen LogP contribution in [0.3, 0.4) is 0 Å². The summed E-state index contributed by atoms with van der Waals surface area (Å²) in [6, 6.07) is 22.6. The van der Waals surface area contributed by atoms with Crippen molar-refractivity contribution in [1.29, 1.82) is 0 Å². The van der Waals surface area contributed by atoms with Gasteiger partial charge in [-0.2, -0.15) is 0 Å². The highest BCUT2D eigenvalue weighted by molar-refractivity contribution is 6.30. The van der Waals surface area contributed by atoms with Gasteiger partial charge in [0.05, 0.1) is 6.42 Å². The summed E-state index contributed by atoms with van der Waals surface area (Å²) >= 11 is 6.03. The van der Waals surface area contributed by atoms with Crippen molar-refractivity contribution in [3.8, 4) is 0 Å². The maximum atomic E-state index is 12.9. The van der Waals surface area contributed by atoms with Gasteiger partial charge in [0, 0.05) is 24.7 Å². The summed E-state index contributed by atoms with van der Waals surface area (Å²) in [5.41, 5.74) is 2.36. The van der Waals surface area contributed by atoms with Crippen molar-refractivity contribution < 1.29 is 4.79 Å². The first-order valence-electron chi connectivity index (χ1n) is 12.6. The fourth-order valence-electron chi connectivity index (χ4n) is 4.79. The molecule has 1 aliphatic heterocycles. The maximum absolute atomic E-state index is 12.9. The predicted molar refractivity (Wildman–Crippen MR) is 142 cm³/mol. The minimum atomic E-state index is 0.257. The van der Waals surface area contributed by atoms with E-state index in [0.717, 1.165) is 69.1 Å². The van der Waals surface area contributed by atoms with Gasteiger partial charge in [-0.15, -0.1) is 0 Å². The van der Waals surface area contributed by atoms with Crippen LogP contribution in [0.1, 0.15) is 36.8 Å². The van der Waals surface area contributed by atoms with Gasteiger partial charge in [-0.3, -0.25) is 4.79 Å². The molecule has 1 saturated heterocycles. The van der Waals surface area contributed by atoms with Crippen molar-refractivity contribution in [3.05, 3.63) is 82.9 Å². The summed E-state index contributed by atoms with van der Waals surface area (Å²) in [5, 5.41) is 10.3. The summed E-state index contributed by atoms with van der Waals surface area (Å²) in [6.45, 7) is 5.75. The molecule has 180 valence electrons. The molecule has 4 rings (SSSR count). The molecule has 4 nitrogen and oxygen atoms in total. The predicted octanol–water partition coefficient (Wildman–Crippen LogP) is 5.43. The number of rotatable bonds is 11. The lowest BCUT2D eigenvalue weighted by Crippen LogP contribution is -2.41. The Hall–Kier alpha value is -2.40. The molecule has 0 radical (unpaired) electrons. The number of nitrogens with zero attached hydrogens (tertiary/aromatic N) is 1. The van der Waals surface area contributed by atoms with Gasteiger partial charge < -0.3 is 15.5 Å². The van der Waals surface area contributed by atoms with Gasteiger partial charge in [0.2, 0.25) is 5.91 Å². The lowest BCUT2D eigenvalue weighted by atomic mass is 9.95. The van der Waals surface area contributed by atoms with E-state index in [-0.39, 0.29) is 5.91 Å². The minimum absolute atomic E-state index is 0.257. The van der Waals surface area contributed by atoms with Crippen LogP contribution in [0.15, 0.2) is 66.7 Å². The van der Waals surface area contributed by atoms with E-state index >= 15 is 0 Å². The lowest BCUT2D eigenvalue weighted by Gasteiger charge is -2.32. The highest BCUT2D eigenvalue weighted by atomic mass is 35.5. The first-order chi connectivity index (χ1) is 16.7. The summed E-state index contributed by atoms with van der Waals surface area (Å²) in [4.78, 5) is 15.0. The van der Waals surface area contributed by atoms with Crippen LogP contribution in [-0.4, -0.2) is 43.5 Å². The van der Waals surface area contributed by atoms with Gasteiger partial charge >= 0.3 is 0 Å². The number of fused-ring (bicyclic) bond motifs is 1. The number of benzene rings is 3. The second kappa shape index (κ2) is 12.9. The summed E-state index contributed by atoms with van der Waals surface area (Å²) in [6.07, 6.45) is 5.01. The molecule has 0 unspecified atom stereocenters. The number of hydrogen-bond donors (Lipinski definition) is 2. The fourth-order valence-corrected chi connectivity index (χ4v) is 5.01. The van der Waals surface area contributed by atoms with Gasteiger partial charge in [-0.05, 0) is 85.3 Å². The molecular weight excluding hydrogens is 442 g/mol. The fraction of sp³-hybridized carbons (Fsp3) is 0.414. The smallest absolute Gasteiger partial charge is 0.227 e. The Morgan fingerprint density at radius 2 is 1.65 bits per heavy atom. The number of likely N-dealkylation sites (tertiary alicyclic amines) is 1. The Morgan fingerprint density at radius 1 is 0.912 bits per heavy atom. The Labute approximate surface area is 208 Å². The maximum Gasteiger partial charge on any atom is 0.227 e. The molecule has 3 aromatic rings. The monoisotopic (exact) mass is 477 g/mol. The van der Waals surface area contributed by atoms with Crippen LogP contribution in [0.4, 0.5) is 0 Å². The standard InChI is InChI=1S/C29H36ClN3O/c30-27-11-5-7-24(19-27)22-32-16-4-3-15-31-21-23-13-17-33(18-14-23)29(34)20-26-10-6-9-25-8-1-2-12-28(25)26/h1-2,5-12,19,23,31-32H,3-4,13-18,20-22H2. The van der Waals surface area contributed by atoms with Crippen LogP contribution in [0.25, 0.3) is 10.8 Å². The third-order valence-corrected chi connectivity index (χ3v) is 7.03. The zero-order valence-corrected chi connectivity index (χ0v) is 20.7. The zero-order valence-electron chi connectivity index (χ0n) is 19.9. The van der Waals surface area contributed by atoms with E-state index in [1.54, 1.807) is 0 Å². The SMILES string of the molecule is O=C(Cc1cccc2ccccc12)N1CCC(CNCCCCNCc2cccc(Cl)c2)CC1. The summed E-state index contributed by atoms with van der Waals surface area (Å²) in [5.74, 6) is 0.926. The third-order valence-electron chi connectivity index (χ3n) is 6.80. The number of piperidine rings is 1. The van der Waals surface area contributed by atoms with E-state index in [9.17, 15) is 4.79 Å². The third kappa shape index (κ3) is 7.30. The number of carbonyl (C=O) groups excluding carboxylic acids is 1. The minimum Gasteiger partial charge on any atom is -0.342 e. The number of halogens is 1. The van der Waals surface area contributed by atoms with Crippen molar-refractivity contribution in [1.82, 2.24) is 15.5 Å². The van der Waals surface area contributed by atoms with E-state index in [1.165, 1.54) is 22.8 Å². The number of carbonyl (C=O) groups is 1. The molecular formula is C29H36ClN3O. The number of nitrogens with one attached hydrogen (secondary N) is 2. The zero-order chi connectivity index (χ0) is 23.6. The molecule has 0 saturated carbocycles. The Morgan fingerprint density at radius 3 is 2.47 bits per heavy atom.